The van der Waals surface area contributed by atoms with E-state index < -0.39 is 11.7 Å². The van der Waals surface area contributed by atoms with Crippen LogP contribution in [0, 0.1) is 25.7 Å². The molecule has 2 aliphatic rings. The molecule has 34 heavy (non-hydrogen) atoms. The molecule has 7 nitrogen and oxygen atoms in total. The molecule has 0 unspecified atom stereocenters. The predicted molar refractivity (Wildman–Crippen MR) is 118 cm³/mol. The van der Waals surface area contributed by atoms with Crippen molar-refractivity contribution in [3.05, 3.63) is 59.2 Å². The van der Waals surface area contributed by atoms with Gasteiger partial charge in [-0.3, -0.25) is 4.79 Å². The molecule has 0 bridgehead atoms. The standard InChI is InChI=1S/C24H24F3N5O2/c1-13-3-5-19(20-7-14(2)31-34-20)22(30-13)23(33)32-12-16-8-15(16)9-18(32)11-29-21-6-4-17(10-28-21)24(25,26)27/h3-7,10,15-16,18H,8-9,11-12H2,1-2H3,(H,28,29)/t15-,16+,18+/m1/s1. The van der Waals surface area contributed by atoms with Gasteiger partial charge in [0, 0.05) is 37.1 Å². The minimum atomic E-state index is -4.43. The fourth-order valence-electron chi connectivity index (χ4n) is 4.58. The average molecular weight is 471 g/mol. The molecule has 3 aromatic heterocycles. The fourth-order valence-corrected chi connectivity index (χ4v) is 4.58. The Kier molecular flexibility index (Phi) is 5.53. The Hall–Kier alpha value is -3.43. The van der Waals surface area contributed by atoms with Crippen molar-refractivity contribution in [2.75, 3.05) is 18.4 Å². The van der Waals surface area contributed by atoms with E-state index in [0.717, 1.165) is 25.1 Å². The lowest BCUT2D eigenvalue weighted by molar-refractivity contribution is -0.137. The van der Waals surface area contributed by atoms with E-state index in [-0.39, 0.29) is 11.9 Å². The molecule has 1 aliphatic heterocycles. The van der Waals surface area contributed by atoms with Gasteiger partial charge < -0.3 is 14.7 Å². The lowest BCUT2D eigenvalue weighted by Crippen LogP contribution is -2.48. The zero-order valence-electron chi connectivity index (χ0n) is 18.8. The molecule has 1 amide bonds. The molecule has 1 saturated carbocycles. The number of amides is 1. The monoisotopic (exact) mass is 471 g/mol. The van der Waals surface area contributed by atoms with Crippen LogP contribution in [0.15, 0.2) is 41.1 Å². The number of hydrogen-bond acceptors (Lipinski definition) is 6. The Labute approximate surface area is 194 Å². The molecular formula is C24H24F3N5O2. The minimum absolute atomic E-state index is 0.132. The number of halogens is 3. The van der Waals surface area contributed by atoms with E-state index in [1.165, 1.54) is 6.07 Å². The number of hydrogen-bond donors (Lipinski definition) is 1. The Morgan fingerprint density at radius 3 is 2.65 bits per heavy atom. The molecule has 3 aromatic rings. The number of nitrogens with one attached hydrogen (secondary N) is 1. The summed E-state index contributed by atoms with van der Waals surface area (Å²) < 4.78 is 43.8. The molecule has 0 aromatic carbocycles. The predicted octanol–water partition coefficient (Wildman–Crippen LogP) is 4.73. The minimum Gasteiger partial charge on any atom is -0.368 e. The molecule has 5 rings (SSSR count). The smallest absolute Gasteiger partial charge is 0.368 e. The van der Waals surface area contributed by atoms with Gasteiger partial charge in [0.1, 0.15) is 11.5 Å². The zero-order valence-corrected chi connectivity index (χ0v) is 18.8. The van der Waals surface area contributed by atoms with E-state index in [1.54, 1.807) is 6.07 Å². The van der Waals surface area contributed by atoms with Gasteiger partial charge in [-0.1, -0.05) is 5.16 Å². The Balaban J connectivity index is 1.37. The van der Waals surface area contributed by atoms with Crippen molar-refractivity contribution in [3.8, 4) is 11.3 Å². The van der Waals surface area contributed by atoms with Crippen LogP contribution < -0.4 is 5.32 Å². The van der Waals surface area contributed by atoms with Crippen molar-refractivity contribution < 1.29 is 22.5 Å². The number of carbonyl (C=O) groups excluding carboxylic acids is 1. The van der Waals surface area contributed by atoms with Crippen LogP contribution in [0.1, 0.15) is 40.3 Å². The number of anilines is 1. The quantitative estimate of drug-likeness (QED) is 0.579. The van der Waals surface area contributed by atoms with Crippen LogP contribution in [0.25, 0.3) is 11.3 Å². The molecule has 4 heterocycles. The maximum absolute atomic E-state index is 13.7. The van der Waals surface area contributed by atoms with E-state index in [0.29, 0.717) is 59.1 Å². The van der Waals surface area contributed by atoms with E-state index >= 15 is 0 Å². The van der Waals surface area contributed by atoms with Gasteiger partial charge in [0.2, 0.25) is 0 Å². The average Bonchev–Trinajstić information content (AvgIpc) is 3.44. The molecule has 1 aliphatic carbocycles. The summed E-state index contributed by atoms with van der Waals surface area (Å²) in [6.45, 7) is 4.65. The first kappa shape index (κ1) is 22.4. The highest BCUT2D eigenvalue weighted by Gasteiger charge is 2.47. The third-order valence-electron chi connectivity index (χ3n) is 6.52. The van der Waals surface area contributed by atoms with Crippen molar-refractivity contribution in [2.24, 2.45) is 11.8 Å². The van der Waals surface area contributed by atoms with Gasteiger partial charge in [-0.15, -0.1) is 0 Å². The van der Waals surface area contributed by atoms with Crippen molar-refractivity contribution in [1.29, 1.82) is 0 Å². The number of pyridine rings is 2. The Morgan fingerprint density at radius 1 is 1.15 bits per heavy atom. The van der Waals surface area contributed by atoms with Crippen molar-refractivity contribution in [3.63, 3.8) is 0 Å². The van der Waals surface area contributed by atoms with Crippen LogP contribution in [0.3, 0.4) is 0 Å². The van der Waals surface area contributed by atoms with E-state index in [4.69, 9.17) is 4.52 Å². The summed E-state index contributed by atoms with van der Waals surface area (Å²) in [5.74, 6) is 1.68. The highest BCUT2D eigenvalue weighted by atomic mass is 19.4. The van der Waals surface area contributed by atoms with Crippen molar-refractivity contribution in [2.45, 2.75) is 38.9 Å². The Morgan fingerprint density at radius 2 is 1.97 bits per heavy atom. The lowest BCUT2D eigenvalue weighted by Gasteiger charge is -2.36. The van der Waals surface area contributed by atoms with E-state index in [2.05, 4.69) is 20.4 Å². The fraction of sp³-hybridized carbons (Fsp3) is 0.417. The van der Waals surface area contributed by atoms with E-state index in [1.807, 2.05) is 30.9 Å². The second kappa shape index (κ2) is 8.41. The number of rotatable bonds is 5. The lowest BCUT2D eigenvalue weighted by atomic mass is 10.00. The van der Waals surface area contributed by atoms with Crippen LogP contribution in [0.2, 0.25) is 0 Å². The largest absolute Gasteiger partial charge is 0.417 e. The molecular weight excluding hydrogens is 447 g/mol. The van der Waals surface area contributed by atoms with Crippen LogP contribution in [-0.2, 0) is 6.18 Å². The number of piperidine rings is 1. The summed E-state index contributed by atoms with van der Waals surface area (Å²) in [4.78, 5) is 24.0. The van der Waals surface area contributed by atoms with Gasteiger partial charge in [0.05, 0.1) is 16.8 Å². The summed E-state index contributed by atoms with van der Waals surface area (Å²) in [6.07, 6.45) is -1.72. The summed E-state index contributed by atoms with van der Waals surface area (Å²) in [6, 6.07) is 7.59. The van der Waals surface area contributed by atoms with Gasteiger partial charge in [-0.2, -0.15) is 13.2 Å². The molecule has 0 spiro atoms. The van der Waals surface area contributed by atoms with Gasteiger partial charge in [-0.05, 0) is 62.8 Å². The second-order valence-electron chi connectivity index (χ2n) is 9.10. The van der Waals surface area contributed by atoms with Crippen molar-refractivity contribution >= 4 is 11.7 Å². The zero-order chi connectivity index (χ0) is 24.0. The van der Waals surface area contributed by atoms with Crippen LogP contribution >= 0.6 is 0 Å². The second-order valence-corrected chi connectivity index (χ2v) is 9.10. The number of carbonyl (C=O) groups is 1. The number of nitrogens with zero attached hydrogens (tertiary/aromatic N) is 4. The molecule has 1 N–H and O–H groups in total. The number of likely N-dealkylation sites (tertiary alicyclic amines) is 1. The molecule has 1 saturated heterocycles. The normalized spacial score (nSPS) is 21.8. The summed E-state index contributed by atoms with van der Waals surface area (Å²) >= 11 is 0. The molecule has 3 atom stereocenters. The first-order valence-corrected chi connectivity index (χ1v) is 11.2. The first-order valence-electron chi connectivity index (χ1n) is 11.2. The SMILES string of the molecule is Cc1cc(-c2ccc(C)nc2C(=O)N2C[C@@H]3C[C@@H]3C[C@H]2CNc2ccc(C(F)(F)F)cn2)on1. The summed E-state index contributed by atoms with van der Waals surface area (Å²) in [5.41, 5.74) is 1.53. The third-order valence-corrected chi connectivity index (χ3v) is 6.52. The molecule has 178 valence electrons. The van der Waals surface area contributed by atoms with E-state index in [9.17, 15) is 18.0 Å². The van der Waals surface area contributed by atoms with Gasteiger partial charge >= 0.3 is 6.18 Å². The number of alkyl halides is 3. The number of aromatic nitrogens is 3. The van der Waals surface area contributed by atoms with Crippen LogP contribution in [0.5, 0.6) is 0 Å². The van der Waals surface area contributed by atoms with Gasteiger partial charge in [0.25, 0.3) is 5.91 Å². The molecule has 10 heteroatoms. The highest BCUT2D eigenvalue weighted by Crippen LogP contribution is 2.47. The Bertz CT molecular complexity index is 1210. The topological polar surface area (TPSA) is 84.2 Å². The molecule has 0 radical (unpaired) electrons. The maximum Gasteiger partial charge on any atom is 0.417 e. The maximum atomic E-state index is 13.7. The first-order chi connectivity index (χ1) is 16.2. The summed E-state index contributed by atoms with van der Waals surface area (Å²) in [7, 11) is 0. The number of aryl methyl sites for hydroxylation is 2. The number of fused-ring (bicyclic) bond motifs is 1. The molecule has 2 fully saturated rings. The van der Waals surface area contributed by atoms with Crippen LogP contribution in [0.4, 0.5) is 19.0 Å². The van der Waals surface area contributed by atoms with Gasteiger partial charge in [0.15, 0.2) is 5.76 Å². The van der Waals surface area contributed by atoms with Crippen molar-refractivity contribution in [1.82, 2.24) is 20.0 Å². The third kappa shape index (κ3) is 4.49. The van der Waals surface area contributed by atoms with Gasteiger partial charge in [-0.25, -0.2) is 9.97 Å². The summed E-state index contributed by atoms with van der Waals surface area (Å²) in [5, 5.41) is 7.04. The highest BCUT2D eigenvalue weighted by molar-refractivity contribution is 5.98. The van der Waals surface area contributed by atoms with Crippen LogP contribution in [-0.4, -0.2) is 45.1 Å².